The van der Waals surface area contributed by atoms with E-state index in [1.54, 1.807) is 29.4 Å². The van der Waals surface area contributed by atoms with Gasteiger partial charge in [0.2, 0.25) is 5.91 Å². The summed E-state index contributed by atoms with van der Waals surface area (Å²) < 4.78 is 10.9. The lowest BCUT2D eigenvalue weighted by atomic mass is 9.82. The zero-order chi connectivity index (χ0) is 23.3. The fourth-order valence-corrected chi connectivity index (χ4v) is 5.22. The van der Waals surface area contributed by atoms with Gasteiger partial charge in [-0.15, -0.1) is 0 Å². The molecule has 3 aromatic rings. The fraction of sp³-hybridized carbons (Fsp3) is 0.320. The molecule has 33 heavy (non-hydrogen) atoms. The van der Waals surface area contributed by atoms with Gasteiger partial charge >= 0.3 is 0 Å². The van der Waals surface area contributed by atoms with E-state index in [9.17, 15) is 15.0 Å². The van der Waals surface area contributed by atoms with Crippen LogP contribution in [0.25, 0.3) is 0 Å². The third-order valence-corrected chi connectivity index (χ3v) is 6.67. The van der Waals surface area contributed by atoms with Gasteiger partial charge in [0, 0.05) is 11.5 Å². The number of hydrazine groups is 1. The molecule has 0 radical (unpaired) electrons. The minimum atomic E-state index is -0.491. The van der Waals surface area contributed by atoms with E-state index in [-0.39, 0.29) is 35.4 Å². The molecule has 3 heterocycles. The first kappa shape index (κ1) is 21.4. The van der Waals surface area contributed by atoms with E-state index in [1.165, 1.54) is 7.11 Å². The first-order chi connectivity index (χ1) is 15.9. The maximum atomic E-state index is 13.6. The number of nitrogens with one attached hydrogen (secondary N) is 2. The summed E-state index contributed by atoms with van der Waals surface area (Å²) in [6.45, 7) is 4.16. The van der Waals surface area contributed by atoms with Crippen molar-refractivity contribution in [3.8, 4) is 17.2 Å². The Morgan fingerprint density at radius 3 is 2.61 bits per heavy atom. The summed E-state index contributed by atoms with van der Waals surface area (Å²) in [6, 6.07) is 11.5. The van der Waals surface area contributed by atoms with Crippen LogP contribution in [0.5, 0.6) is 17.2 Å². The second kappa shape index (κ2) is 8.13. The topological polar surface area (TPSA) is 107 Å². The zero-order valence-electron chi connectivity index (χ0n) is 18.7. The Bertz CT molecular complexity index is 1190. The van der Waals surface area contributed by atoms with Crippen LogP contribution in [0.1, 0.15) is 40.1 Å². The van der Waals surface area contributed by atoms with Crippen LogP contribution in [0, 0.1) is 19.8 Å². The molecule has 4 unspecified atom stereocenters. The molecule has 2 aromatic carbocycles. The van der Waals surface area contributed by atoms with Gasteiger partial charge < -0.3 is 24.3 Å². The van der Waals surface area contributed by atoms with E-state index in [0.717, 1.165) is 22.3 Å². The molecule has 2 fully saturated rings. The smallest absolute Gasteiger partial charge is 0.242 e. The SMILES string of the molecule is COc1cc(C2C3C(NNC3c3cc(C)cc(C)c3O)C(=O)N2Cc2ccco2)ccc1O. The van der Waals surface area contributed by atoms with Gasteiger partial charge in [0.05, 0.1) is 32.0 Å². The van der Waals surface area contributed by atoms with Crippen molar-refractivity contribution in [3.63, 3.8) is 0 Å². The number of hydrogen-bond donors (Lipinski definition) is 4. The number of fused-ring (bicyclic) bond motifs is 1. The molecule has 4 atom stereocenters. The number of phenols is 2. The number of rotatable bonds is 5. The van der Waals surface area contributed by atoms with Crippen LogP contribution in [0.15, 0.2) is 53.1 Å². The summed E-state index contributed by atoms with van der Waals surface area (Å²) in [5.74, 6) is 0.982. The van der Waals surface area contributed by atoms with Gasteiger partial charge in [0.25, 0.3) is 0 Å². The lowest BCUT2D eigenvalue weighted by Crippen LogP contribution is -2.41. The lowest BCUT2D eigenvalue weighted by molar-refractivity contribution is -0.131. The molecule has 0 spiro atoms. The Labute approximate surface area is 191 Å². The number of benzene rings is 2. The van der Waals surface area contributed by atoms with Crippen molar-refractivity contribution >= 4 is 5.91 Å². The number of aryl methyl sites for hydroxylation is 2. The van der Waals surface area contributed by atoms with Crippen LogP contribution in [0.2, 0.25) is 0 Å². The van der Waals surface area contributed by atoms with Gasteiger partial charge in [-0.05, 0) is 49.2 Å². The Hall–Kier alpha value is -3.49. The van der Waals surface area contributed by atoms with Crippen LogP contribution in [-0.4, -0.2) is 34.2 Å². The number of ether oxygens (including phenoxy) is 1. The van der Waals surface area contributed by atoms with Crippen LogP contribution < -0.4 is 15.6 Å². The van der Waals surface area contributed by atoms with Crippen molar-refractivity contribution in [2.24, 2.45) is 5.92 Å². The van der Waals surface area contributed by atoms with E-state index >= 15 is 0 Å². The largest absolute Gasteiger partial charge is 0.507 e. The number of likely N-dealkylation sites (tertiary alicyclic amines) is 1. The van der Waals surface area contributed by atoms with Crippen molar-refractivity contribution in [3.05, 3.63) is 76.7 Å². The predicted octanol–water partition coefficient (Wildman–Crippen LogP) is 3.23. The Balaban J connectivity index is 1.63. The highest BCUT2D eigenvalue weighted by atomic mass is 16.5. The van der Waals surface area contributed by atoms with E-state index in [4.69, 9.17) is 9.15 Å². The molecular weight excluding hydrogens is 422 g/mol. The van der Waals surface area contributed by atoms with Crippen molar-refractivity contribution in [1.82, 2.24) is 15.8 Å². The average Bonchev–Trinajstić information content (AvgIpc) is 3.51. The molecule has 4 N–H and O–H groups in total. The van der Waals surface area contributed by atoms with Gasteiger partial charge in [-0.25, -0.2) is 10.9 Å². The molecule has 172 valence electrons. The summed E-state index contributed by atoms with van der Waals surface area (Å²) in [4.78, 5) is 15.3. The minimum Gasteiger partial charge on any atom is -0.507 e. The number of phenolic OH excluding ortho intramolecular Hbond substituents is 2. The van der Waals surface area contributed by atoms with Crippen molar-refractivity contribution in [2.75, 3.05) is 7.11 Å². The lowest BCUT2D eigenvalue weighted by Gasteiger charge is -2.31. The second-order valence-corrected chi connectivity index (χ2v) is 8.76. The van der Waals surface area contributed by atoms with Gasteiger partial charge in [-0.1, -0.05) is 23.8 Å². The van der Waals surface area contributed by atoms with Crippen LogP contribution in [0.3, 0.4) is 0 Å². The quantitative estimate of drug-likeness (QED) is 0.474. The maximum Gasteiger partial charge on any atom is 0.242 e. The maximum absolute atomic E-state index is 13.6. The average molecular weight is 450 g/mol. The van der Waals surface area contributed by atoms with Crippen LogP contribution in [0.4, 0.5) is 0 Å². The highest BCUT2D eigenvalue weighted by molar-refractivity contribution is 5.86. The molecule has 2 aliphatic heterocycles. The molecule has 0 bridgehead atoms. The normalized spacial score (nSPS) is 24.3. The molecule has 8 nitrogen and oxygen atoms in total. The molecule has 0 saturated carbocycles. The van der Waals surface area contributed by atoms with Crippen molar-refractivity contribution in [1.29, 1.82) is 0 Å². The number of carbonyl (C=O) groups excluding carboxylic acids is 1. The predicted molar refractivity (Wildman–Crippen MR) is 121 cm³/mol. The minimum absolute atomic E-state index is 0.0332. The number of methoxy groups -OCH3 is 1. The van der Waals surface area contributed by atoms with Crippen molar-refractivity contribution < 1.29 is 24.2 Å². The summed E-state index contributed by atoms with van der Waals surface area (Å²) in [6.07, 6.45) is 1.59. The zero-order valence-corrected chi connectivity index (χ0v) is 18.7. The highest BCUT2D eigenvalue weighted by Crippen LogP contribution is 2.50. The van der Waals surface area contributed by atoms with E-state index in [2.05, 4.69) is 10.9 Å². The third-order valence-electron chi connectivity index (χ3n) is 6.67. The highest BCUT2D eigenvalue weighted by Gasteiger charge is 2.56. The summed E-state index contributed by atoms with van der Waals surface area (Å²) in [5.41, 5.74) is 9.82. The van der Waals surface area contributed by atoms with Crippen LogP contribution in [-0.2, 0) is 11.3 Å². The summed E-state index contributed by atoms with van der Waals surface area (Å²) in [5, 5.41) is 21.0. The van der Waals surface area contributed by atoms with Gasteiger partial charge in [0.15, 0.2) is 11.5 Å². The number of amides is 1. The van der Waals surface area contributed by atoms with E-state index in [1.807, 2.05) is 38.1 Å². The number of aromatic hydroxyl groups is 2. The molecule has 2 saturated heterocycles. The number of nitrogens with zero attached hydrogens (tertiary/aromatic N) is 1. The molecular formula is C25H27N3O5. The standard InChI is InChI=1S/C25H27N3O5/c1-13-9-14(2)24(30)17(10-13)21-20-22(27-26-21)25(31)28(12-16-5-4-8-33-16)23(20)15-6-7-18(29)19(11-15)32-3/h4-11,20-23,26-27,29-30H,12H2,1-3H3. The molecule has 0 aliphatic carbocycles. The van der Waals surface area contributed by atoms with E-state index < -0.39 is 6.04 Å². The number of carbonyl (C=O) groups is 1. The van der Waals surface area contributed by atoms with Crippen molar-refractivity contribution in [2.45, 2.75) is 38.5 Å². The number of hydrogen-bond acceptors (Lipinski definition) is 7. The molecule has 8 heteroatoms. The molecule has 1 amide bonds. The number of furan rings is 1. The van der Waals surface area contributed by atoms with E-state index in [0.29, 0.717) is 18.1 Å². The molecule has 2 aliphatic rings. The molecule has 1 aromatic heterocycles. The first-order valence-corrected chi connectivity index (χ1v) is 10.9. The summed E-state index contributed by atoms with van der Waals surface area (Å²) >= 11 is 0. The van der Waals surface area contributed by atoms with Crippen LogP contribution >= 0.6 is 0 Å². The molecule has 5 rings (SSSR count). The Kier molecular flexibility index (Phi) is 5.26. The van der Waals surface area contributed by atoms with Gasteiger partial charge in [0.1, 0.15) is 17.6 Å². The summed E-state index contributed by atoms with van der Waals surface area (Å²) in [7, 11) is 1.50. The Morgan fingerprint density at radius 1 is 1.09 bits per heavy atom. The monoisotopic (exact) mass is 449 g/mol. The third kappa shape index (κ3) is 3.51. The van der Waals surface area contributed by atoms with Gasteiger partial charge in [-0.2, -0.15) is 0 Å². The van der Waals surface area contributed by atoms with Gasteiger partial charge in [-0.3, -0.25) is 4.79 Å². The fourth-order valence-electron chi connectivity index (χ4n) is 5.22. The Morgan fingerprint density at radius 2 is 1.88 bits per heavy atom. The second-order valence-electron chi connectivity index (χ2n) is 8.76. The first-order valence-electron chi connectivity index (χ1n) is 10.9.